The molecular weight excluding hydrogens is 194 g/mol. The molecule has 1 heterocycles. The molecule has 0 saturated heterocycles. The van der Waals surface area contributed by atoms with E-state index in [0.29, 0.717) is 18.1 Å². The summed E-state index contributed by atoms with van der Waals surface area (Å²) in [6, 6.07) is -1.24. The number of carbonyl (C=O) groups is 1. The van der Waals surface area contributed by atoms with Crippen LogP contribution in [0.1, 0.15) is 13.3 Å². The van der Waals surface area contributed by atoms with Gasteiger partial charge in [0.05, 0.1) is 6.04 Å². The number of carboxylic acid groups (broad SMARTS) is 1. The molecule has 5 nitrogen and oxygen atoms in total. The van der Waals surface area contributed by atoms with Gasteiger partial charge in [-0.1, -0.05) is 11.6 Å². The number of halogens is 1. The Kier molecular flexibility index (Phi) is 3.11. The zero-order chi connectivity index (χ0) is 10.0. The fourth-order valence-electron chi connectivity index (χ4n) is 1.31. The quantitative estimate of drug-likeness (QED) is 0.682. The zero-order valence-corrected chi connectivity index (χ0v) is 8.03. The molecule has 13 heavy (non-hydrogen) atoms. The molecule has 1 aliphatic rings. The fourth-order valence-corrected chi connectivity index (χ4v) is 1.57. The van der Waals surface area contributed by atoms with Crippen LogP contribution in [0.15, 0.2) is 5.10 Å². The van der Waals surface area contributed by atoms with Crippen molar-refractivity contribution >= 4 is 22.7 Å². The fraction of sp³-hybridized carbons (Fsp3) is 0.714. The minimum absolute atomic E-state index is 0.310. The number of nitrogens with zero attached hydrogens (tertiary/aromatic N) is 2. The average molecular weight is 206 g/mol. The number of hydrogen-bond donors (Lipinski definition) is 2. The molecule has 0 aliphatic carbocycles. The largest absolute Gasteiger partial charge is 0.480 e. The number of rotatable bonds is 3. The predicted octanol–water partition coefficient (Wildman–Crippen LogP) is 0.0448. The Balaban J connectivity index is 2.67. The standard InChI is InChI=1S/C7H12ClN3O2/c1-2-11-4(3-5(8)10-11)6(9)7(12)13/h4,6H,2-3,9H2,1H3,(H,12,13)/t4-,6+/m1/s1. The second kappa shape index (κ2) is 3.93. The Morgan fingerprint density at radius 3 is 3.08 bits per heavy atom. The van der Waals surface area contributed by atoms with Gasteiger partial charge in [0.15, 0.2) is 0 Å². The van der Waals surface area contributed by atoms with E-state index >= 15 is 0 Å². The number of likely N-dealkylation sites (N-methyl/N-ethyl adjacent to an activating group) is 1. The van der Waals surface area contributed by atoms with E-state index in [0.717, 1.165) is 0 Å². The van der Waals surface area contributed by atoms with E-state index in [1.54, 1.807) is 5.01 Å². The highest BCUT2D eigenvalue weighted by molar-refractivity contribution is 6.65. The summed E-state index contributed by atoms with van der Waals surface area (Å²) < 4.78 is 0. The summed E-state index contributed by atoms with van der Waals surface area (Å²) in [5.41, 5.74) is 5.48. The molecule has 0 radical (unpaired) electrons. The molecule has 0 aromatic rings. The summed E-state index contributed by atoms with van der Waals surface area (Å²) >= 11 is 5.69. The van der Waals surface area contributed by atoms with Crippen molar-refractivity contribution in [2.45, 2.75) is 25.4 Å². The van der Waals surface area contributed by atoms with Crippen LogP contribution in [0.3, 0.4) is 0 Å². The maximum atomic E-state index is 10.6. The molecule has 2 atom stereocenters. The minimum Gasteiger partial charge on any atom is -0.480 e. The van der Waals surface area contributed by atoms with Crippen molar-refractivity contribution in [2.75, 3.05) is 6.54 Å². The molecule has 0 fully saturated rings. The predicted molar refractivity (Wildman–Crippen MR) is 49.7 cm³/mol. The lowest BCUT2D eigenvalue weighted by atomic mass is 10.1. The Hall–Kier alpha value is -0.810. The lowest BCUT2D eigenvalue weighted by Crippen LogP contribution is -2.48. The zero-order valence-electron chi connectivity index (χ0n) is 7.27. The first kappa shape index (κ1) is 10.3. The minimum atomic E-state index is -1.02. The van der Waals surface area contributed by atoms with Crippen LogP contribution in [0, 0.1) is 0 Å². The van der Waals surface area contributed by atoms with Crippen molar-refractivity contribution in [2.24, 2.45) is 10.8 Å². The summed E-state index contributed by atoms with van der Waals surface area (Å²) in [7, 11) is 0. The highest BCUT2D eigenvalue weighted by atomic mass is 35.5. The molecule has 0 bridgehead atoms. The van der Waals surface area contributed by atoms with Crippen LogP contribution in [-0.2, 0) is 4.79 Å². The lowest BCUT2D eigenvalue weighted by Gasteiger charge is -2.24. The summed E-state index contributed by atoms with van der Waals surface area (Å²) in [4.78, 5) is 10.6. The van der Waals surface area contributed by atoms with Crippen molar-refractivity contribution < 1.29 is 9.90 Å². The summed E-state index contributed by atoms with van der Waals surface area (Å²) in [5, 5.41) is 14.7. The summed E-state index contributed by atoms with van der Waals surface area (Å²) in [5.74, 6) is -1.02. The number of aliphatic carboxylic acids is 1. The van der Waals surface area contributed by atoms with E-state index in [1.165, 1.54) is 0 Å². The third-order valence-electron chi connectivity index (χ3n) is 2.02. The van der Waals surface area contributed by atoms with E-state index in [1.807, 2.05) is 6.92 Å². The van der Waals surface area contributed by atoms with Gasteiger partial charge in [0.2, 0.25) is 0 Å². The van der Waals surface area contributed by atoms with Crippen LogP contribution in [0.2, 0.25) is 0 Å². The first-order chi connectivity index (χ1) is 6.06. The Morgan fingerprint density at radius 2 is 2.62 bits per heavy atom. The van der Waals surface area contributed by atoms with Gasteiger partial charge >= 0.3 is 5.97 Å². The number of hydrazone groups is 1. The Labute approximate surface area is 81.1 Å². The highest BCUT2D eigenvalue weighted by Gasteiger charge is 2.33. The molecule has 3 N–H and O–H groups in total. The third kappa shape index (κ3) is 2.10. The number of nitrogens with two attached hydrogens (primary N) is 1. The average Bonchev–Trinajstić information content (AvgIpc) is 2.45. The Morgan fingerprint density at radius 1 is 2.00 bits per heavy atom. The van der Waals surface area contributed by atoms with Crippen LogP contribution < -0.4 is 5.73 Å². The maximum Gasteiger partial charge on any atom is 0.322 e. The molecule has 0 amide bonds. The van der Waals surface area contributed by atoms with Gasteiger partial charge in [0.1, 0.15) is 11.2 Å². The van der Waals surface area contributed by atoms with E-state index < -0.39 is 12.0 Å². The van der Waals surface area contributed by atoms with E-state index in [9.17, 15) is 4.79 Å². The summed E-state index contributed by atoms with van der Waals surface area (Å²) in [6.45, 7) is 2.49. The second-order valence-corrected chi connectivity index (χ2v) is 3.30. The molecule has 0 aromatic carbocycles. The maximum absolute atomic E-state index is 10.6. The molecule has 1 aliphatic heterocycles. The van der Waals surface area contributed by atoms with Gasteiger partial charge in [-0.05, 0) is 6.92 Å². The lowest BCUT2D eigenvalue weighted by molar-refractivity contribution is -0.140. The second-order valence-electron chi connectivity index (χ2n) is 2.87. The molecular formula is C7H12ClN3O2. The van der Waals surface area contributed by atoms with Crippen molar-refractivity contribution in [1.82, 2.24) is 5.01 Å². The van der Waals surface area contributed by atoms with Crippen LogP contribution >= 0.6 is 11.6 Å². The van der Waals surface area contributed by atoms with Gasteiger partial charge in [-0.3, -0.25) is 9.80 Å². The van der Waals surface area contributed by atoms with E-state index in [4.69, 9.17) is 22.4 Å². The summed E-state index contributed by atoms with van der Waals surface area (Å²) in [6.07, 6.45) is 0.420. The van der Waals surface area contributed by atoms with E-state index in [2.05, 4.69) is 5.10 Å². The van der Waals surface area contributed by atoms with Crippen LogP contribution in [0.4, 0.5) is 0 Å². The number of hydrogen-bond acceptors (Lipinski definition) is 4. The van der Waals surface area contributed by atoms with Gasteiger partial charge < -0.3 is 10.8 Å². The number of carboxylic acids is 1. The molecule has 6 heteroatoms. The van der Waals surface area contributed by atoms with Crippen molar-refractivity contribution in [1.29, 1.82) is 0 Å². The Bertz CT molecular complexity index is 244. The smallest absolute Gasteiger partial charge is 0.322 e. The van der Waals surface area contributed by atoms with Crippen molar-refractivity contribution in [3.8, 4) is 0 Å². The van der Waals surface area contributed by atoms with Crippen LogP contribution in [0.25, 0.3) is 0 Å². The van der Waals surface area contributed by atoms with Crippen LogP contribution in [-0.4, -0.2) is 39.9 Å². The van der Waals surface area contributed by atoms with Gasteiger partial charge in [-0.15, -0.1) is 0 Å². The topological polar surface area (TPSA) is 78.9 Å². The molecule has 0 saturated carbocycles. The highest BCUT2D eigenvalue weighted by Crippen LogP contribution is 2.19. The first-order valence-corrected chi connectivity index (χ1v) is 4.42. The molecule has 0 spiro atoms. The molecule has 0 aromatic heterocycles. The van der Waals surface area contributed by atoms with Crippen molar-refractivity contribution in [3.05, 3.63) is 0 Å². The first-order valence-electron chi connectivity index (χ1n) is 4.04. The van der Waals surface area contributed by atoms with E-state index in [-0.39, 0.29) is 6.04 Å². The monoisotopic (exact) mass is 205 g/mol. The SMILES string of the molecule is CCN1N=C(Cl)C[C@@H]1[C@H](N)C(=O)O. The third-order valence-corrected chi connectivity index (χ3v) is 2.25. The van der Waals surface area contributed by atoms with Crippen LogP contribution in [0.5, 0.6) is 0 Å². The van der Waals surface area contributed by atoms with Gasteiger partial charge in [-0.25, -0.2) is 0 Å². The molecule has 0 unspecified atom stereocenters. The van der Waals surface area contributed by atoms with Crippen molar-refractivity contribution in [3.63, 3.8) is 0 Å². The van der Waals surface area contributed by atoms with Gasteiger partial charge in [0, 0.05) is 13.0 Å². The normalized spacial score (nSPS) is 24.4. The molecule has 1 rings (SSSR count). The molecule has 74 valence electrons. The van der Waals surface area contributed by atoms with Gasteiger partial charge in [-0.2, -0.15) is 5.10 Å². The van der Waals surface area contributed by atoms with Gasteiger partial charge in [0.25, 0.3) is 0 Å².